The fraction of sp³-hybridized carbons (Fsp3) is 0.320. The Bertz CT molecular complexity index is 1330. The van der Waals surface area contributed by atoms with E-state index in [1.54, 1.807) is 17.7 Å². The summed E-state index contributed by atoms with van der Waals surface area (Å²) in [6.07, 6.45) is 12.7. The van der Waals surface area contributed by atoms with Crippen LogP contribution in [0.2, 0.25) is 0 Å². The Morgan fingerprint density at radius 2 is 1.97 bits per heavy atom. The van der Waals surface area contributed by atoms with Crippen molar-refractivity contribution in [2.24, 2.45) is 23.2 Å². The predicted molar refractivity (Wildman–Crippen MR) is 124 cm³/mol. The molecule has 3 atom stereocenters. The van der Waals surface area contributed by atoms with Crippen LogP contribution in [0.25, 0.3) is 32.0 Å². The Kier molecular flexibility index (Phi) is 3.57. The number of fused-ring (bicyclic) bond motifs is 1. The summed E-state index contributed by atoms with van der Waals surface area (Å²) in [5.41, 5.74) is 10.1. The molecule has 7 rings (SSSR count). The number of hydrogen-bond acceptors (Lipinski definition) is 5. The van der Waals surface area contributed by atoms with Gasteiger partial charge < -0.3 is 10.3 Å². The monoisotopic (exact) mass is 425 g/mol. The highest BCUT2D eigenvalue weighted by Crippen LogP contribution is 2.70. The van der Waals surface area contributed by atoms with Crippen molar-refractivity contribution in [3.05, 3.63) is 61.2 Å². The third kappa shape index (κ3) is 2.51. The maximum Gasteiger partial charge on any atom is 0.135 e. The van der Waals surface area contributed by atoms with Gasteiger partial charge >= 0.3 is 0 Å². The quantitative estimate of drug-likeness (QED) is 0.444. The van der Waals surface area contributed by atoms with Gasteiger partial charge in [-0.1, -0.05) is 42.5 Å². The van der Waals surface area contributed by atoms with Gasteiger partial charge in [0.1, 0.15) is 17.0 Å². The molecule has 2 saturated carbocycles. The molecule has 3 heterocycles. The molecule has 0 saturated heterocycles. The van der Waals surface area contributed by atoms with E-state index in [0.29, 0.717) is 17.2 Å². The number of nitrogen functional groups attached to an aromatic ring is 1. The van der Waals surface area contributed by atoms with Crippen LogP contribution in [-0.4, -0.2) is 19.5 Å². The van der Waals surface area contributed by atoms with Crippen LogP contribution < -0.4 is 5.73 Å². The van der Waals surface area contributed by atoms with Crippen molar-refractivity contribution >= 4 is 27.4 Å². The van der Waals surface area contributed by atoms with Crippen molar-refractivity contribution < 1.29 is 0 Å². The van der Waals surface area contributed by atoms with Gasteiger partial charge in [-0.3, -0.25) is 0 Å². The Balaban J connectivity index is 1.35. The number of imidazole rings is 1. The standard InChI is InChI=1S/C25H23N5S/c26-23-18-11-20(31-24(18)28-13-27-23)22-21(15-4-2-1-3-5-15)29-14-30(22)12-16-10-17-6-7-19(16)25(17)8-9-25/h1-7,11,13-14,16-17,19H,8-10,12H2,(H2,26,27,28). The first kappa shape index (κ1) is 17.7. The van der Waals surface area contributed by atoms with E-state index in [0.717, 1.165) is 44.7 Å². The summed E-state index contributed by atoms with van der Waals surface area (Å²) in [6.45, 7) is 1.01. The number of benzene rings is 1. The van der Waals surface area contributed by atoms with Gasteiger partial charge in [0.25, 0.3) is 0 Å². The summed E-state index contributed by atoms with van der Waals surface area (Å²) in [5.74, 6) is 2.75. The summed E-state index contributed by atoms with van der Waals surface area (Å²) in [7, 11) is 0. The number of nitrogens with zero attached hydrogens (tertiary/aromatic N) is 4. The van der Waals surface area contributed by atoms with E-state index < -0.39 is 0 Å². The molecule has 2 N–H and O–H groups in total. The molecule has 3 aromatic heterocycles. The average molecular weight is 426 g/mol. The van der Waals surface area contributed by atoms with Gasteiger partial charge in [-0.2, -0.15) is 0 Å². The molecule has 3 unspecified atom stereocenters. The number of aromatic nitrogens is 4. The highest BCUT2D eigenvalue weighted by molar-refractivity contribution is 7.21. The maximum absolute atomic E-state index is 6.15. The van der Waals surface area contributed by atoms with E-state index >= 15 is 0 Å². The van der Waals surface area contributed by atoms with Gasteiger partial charge in [0.2, 0.25) is 0 Å². The van der Waals surface area contributed by atoms with Crippen LogP contribution in [0.1, 0.15) is 19.3 Å². The largest absolute Gasteiger partial charge is 0.383 e. The highest BCUT2D eigenvalue weighted by Gasteiger charge is 2.62. The molecule has 0 amide bonds. The van der Waals surface area contributed by atoms with E-state index in [9.17, 15) is 0 Å². The lowest BCUT2D eigenvalue weighted by atomic mass is 9.89. The molecule has 5 nitrogen and oxygen atoms in total. The lowest BCUT2D eigenvalue weighted by Gasteiger charge is -2.21. The van der Waals surface area contributed by atoms with Crippen molar-refractivity contribution in [2.45, 2.75) is 25.8 Å². The van der Waals surface area contributed by atoms with Gasteiger partial charge in [-0.25, -0.2) is 15.0 Å². The minimum absolute atomic E-state index is 0.536. The average Bonchev–Trinajstić information content (AvgIpc) is 3.06. The van der Waals surface area contributed by atoms with Gasteiger partial charge in [0.05, 0.1) is 28.0 Å². The minimum Gasteiger partial charge on any atom is -0.383 e. The number of nitrogens with two attached hydrogens (primary N) is 1. The summed E-state index contributed by atoms with van der Waals surface area (Å²) < 4.78 is 2.38. The van der Waals surface area contributed by atoms with Crippen molar-refractivity contribution in [2.75, 3.05) is 5.73 Å². The normalized spacial score (nSPS) is 25.1. The molecule has 3 aliphatic rings. The van der Waals surface area contributed by atoms with Crippen LogP contribution in [0.3, 0.4) is 0 Å². The van der Waals surface area contributed by atoms with Crippen LogP contribution in [-0.2, 0) is 6.54 Å². The molecular formula is C25H23N5S. The molecule has 0 radical (unpaired) electrons. The summed E-state index contributed by atoms with van der Waals surface area (Å²) >= 11 is 1.67. The van der Waals surface area contributed by atoms with Crippen LogP contribution in [0, 0.1) is 23.2 Å². The Morgan fingerprint density at radius 3 is 2.74 bits per heavy atom. The fourth-order valence-corrected chi connectivity index (χ4v) is 7.23. The lowest BCUT2D eigenvalue weighted by molar-refractivity contribution is 0.333. The summed E-state index contributed by atoms with van der Waals surface area (Å²) in [4.78, 5) is 15.6. The fourth-order valence-electron chi connectivity index (χ4n) is 6.16. The van der Waals surface area contributed by atoms with Crippen molar-refractivity contribution in [3.63, 3.8) is 0 Å². The predicted octanol–water partition coefficient (Wildman–Crippen LogP) is 5.41. The summed E-state index contributed by atoms with van der Waals surface area (Å²) in [5, 5.41) is 0.925. The Morgan fingerprint density at radius 1 is 1.10 bits per heavy atom. The first-order chi connectivity index (χ1) is 15.2. The van der Waals surface area contributed by atoms with Gasteiger partial charge in [0, 0.05) is 12.1 Å². The van der Waals surface area contributed by atoms with E-state index in [1.807, 2.05) is 12.4 Å². The van der Waals surface area contributed by atoms with Gasteiger partial charge in [-0.15, -0.1) is 11.3 Å². The van der Waals surface area contributed by atoms with Crippen molar-refractivity contribution in [3.8, 4) is 21.8 Å². The van der Waals surface area contributed by atoms with E-state index in [4.69, 9.17) is 10.7 Å². The van der Waals surface area contributed by atoms with Crippen molar-refractivity contribution in [1.82, 2.24) is 19.5 Å². The number of anilines is 1. The molecule has 154 valence electrons. The number of rotatable bonds is 4. The molecule has 1 spiro atoms. The van der Waals surface area contributed by atoms with Crippen molar-refractivity contribution in [1.29, 1.82) is 0 Å². The molecule has 3 aliphatic carbocycles. The molecule has 2 bridgehead atoms. The first-order valence-electron chi connectivity index (χ1n) is 11.0. The maximum atomic E-state index is 6.15. The lowest BCUT2D eigenvalue weighted by Crippen LogP contribution is -2.17. The zero-order valence-electron chi connectivity index (χ0n) is 17.1. The number of thiophene rings is 1. The topological polar surface area (TPSA) is 69.6 Å². The van der Waals surface area contributed by atoms with E-state index in [1.165, 1.54) is 25.0 Å². The second-order valence-electron chi connectivity index (χ2n) is 9.29. The van der Waals surface area contributed by atoms with E-state index in [2.05, 4.69) is 57.0 Å². The van der Waals surface area contributed by atoms with E-state index in [-0.39, 0.29) is 0 Å². The minimum atomic E-state index is 0.536. The second kappa shape index (κ2) is 6.26. The first-order valence-corrected chi connectivity index (χ1v) is 11.8. The third-order valence-electron chi connectivity index (χ3n) is 7.75. The van der Waals surface area contributed by atoms with Gasteiger partial charge in [-0.05, 0) is 48.5 Å². The van der Waals surface area contributed by atoms with Crippen LogP contribution in [0.15, 0.2) is 61.2 Å². The van der Waals surface area contributed by atoms with Crippen LogP contribution in [0.5, 0.6) is 0 Å². The number of hydrogen-bond donors (Lipinski definition) is 1. The smallest absolute Gasteiger partial charge is 0.135 e. The molecule has 31 heavy (non-hydrogen) atoms. The molecular weight excluding hydrogens is 402 g/mol. The van der Waals surface area contributed by atoms with Crippen LogP contribution in [0.4, 0.5) is 5.82 Å². The van der Waals surface area contributed by atoms with Gasteiger partial charge in [0.15, 0.2) is 0 Å². The molecule has 1 aromatic carbocycles. The molecule has 2 fully saturated rings. The highest BCUT2D eigenvalue weighted by atomic mass is 32.1. The zero-order valence-corrected chi connectivity index (χ0v) is 17.9. The summed E-state index contributed by atoms with van der Waals surface area (Å²) in [6, 6.07) is 12.6. The molecule has 6 heteroatoms. The molecule has 4 aromatic rings. The van der Waals surface area contributed by atoms with Crippen LogP contribution >= 0.6 is 11.3 Å². The Hall–Kier alpha value is -2.99. The second-order valence-corrected chi connectivity index (χ2v) is 10.3. The molecule has 0 aliphatic heterocycles. The SMILES string of the molecule is Nc1ncnc2sc(-c3c(-c4ccccc4)ncn3CC3CC4C=CC3C43CC3)cc12. The Labute approximate surface area is 184 Å². The third-order valence-corrected chi connectivity index (χ3v) is 8.80. The zero-order chi connectivity index (χ0) is 20.6. The number of allylic oxidation sites excluding steroid dienone is 2.